The second-order valence-electron chi connectivity index (χ2n) is 7.23. The molecule has 8 heteroatoms. The van der Waals surface area contributed by atoms with Crippen LogP contribution in [0.15, 0.2) is 54.6 Å². The largest absolute Gasteiger partial charge is 0.497 e. The number of hydrogen-bond donors (Lipinski definition) is 2. The molecule has 1 atom stereocenters. The Balaban J connectivity index is 1.88. The predicted molar refractivity (Wildman–Crippen MR) is 121 cm³/mol. The van der Waals surface area contributed by atoms with E-state index in [1.807, 2.05) is 36.4 Å². The van der Waals surface area contributed by atoms with Crippen molar-refractivity contribution in [3.05, 3.63) is 65.7 Å². The first-order chi connectivity index (χ1) is 15.4. The molecule has 0 radical (unpaired) electrons. The van der Waals surface area contributed by atoms with Crippen LogP contribution < -0.4 is 15.4 Å². The Labute approximate surface area is 188 Å². The van der Waals surface area contributed by atoms with Crippen LogP contribution in [0, 0.1) is 0 Å². The minimum absolute atomic E-state index is 0.00107. The third kappa shape index (κ3) is 8.29. The molecule has 0 aromatic heterocycles. The fraction of sp³-hybridized carbons (Fsp3) is 0.375. The minimum Gasteiger partial charge on any atom is -0.497 e. The summed E-state index contributed by atoms with van der Waals surface area (Å²) in [5.41, 5.74) is 1.75. The highest BCUT2D eigenvalue weighted by Gasteiger charge is 2.20. The van der Waals surface area contributed by atoms with E-state index in [2.05, 4.69) is 10.6 Å². The van der Waals surface area contributed by atoms with E-state index in [1.165, 1.54) is 0 Å². The molecule has 0 bridgehead atoms. The summed E-state index contributed by atoms with van der Waals surface area (Å²) in [6.45, 7) is 2.64. The minimum atomic E-state index is -0.562. The fourth-order valence-corrected chi connectivity index (χ4v) is 3.11. The van der Waals surface area contributed by atoms with Crippen molar-refractivity contribution in [2.45, 2.75) is 32.4 Å². The molecule has 2 aromatic rings. The molecule has 172 valence electrons. The van der Waals surface area contributed by atoms with Crippen molar-refractivity contribution in [2.24, 2.45) is 0 Å². The van der Waals surface area contributed by atoms with E-state index in [4.69, 9.17) is 9.47 Å². The maximum atomic E-state index is 12.5. The second-order valence-corrected chi connectivity index (χ2v) is 7.23. The molecule has 8 nitrogen and oxygen atoms in total. The molecule has 2 rings (SSSR count). The van der Waals surface area contributed by atoms with Crippen LogP contribution >= 0.6 is 0 Å². The average molecular weight is 442 g/mol. The van der Waals surface area contributed by atoms with Crippen molar-refractivity contribution < 1.29 is 23.9 Å². The molecule has 0 saturated carbocycles. The lowest BCUT2D eigenvalue weighted by Gasteiger charge is -2.20. The van der Waals surface area contributed by atoms with Crippen LogP contribution in [-0.2, 0) is 20.9 Å². The third-order valence-corrected chi connectivity index (χ3v) is 4.75. The predicted octanol–water partition coefficient (Wildman–Crippen LogP) is 3.04. The number of esters is 1. The van der Waals surface area contributed by atoms with E-state index in [0.717, 1.165) is 11.1 Å². The number of hydrogen-bond acceptors (Lipinski definition) is 5. The first kappa shape index (κ1) is 24.7. The number of rotatable bonds is 11. The van der Waals surface area contributed by atoms with Crippen molar-refractivity contribution in [3.63, 3.8) is 0 Å². The summed E-state index contributed by atoms with van der Waals surface area (Å²) in [7, 11) is 3.25. The zero-order valence-corrected chi connectivity index (χ0v) is 18.8. The van der Waals surface area contributed by atoms with Crippen LogP contribution in [0.25, 0.3) is 0 Å². The average Bonchev–Trinajstić information content (AvgIpc) is 2.79. The van der Waals surface area contributed by atoms with Gasteiger partial charge in [0.15, 0.2) is 0 Å². The van der Waals surface area contributed by atoms with E-state index >= 15 is 0 Å². The van der Waals surface area contributed by atoms with E-state index in [1.54, 1.807) is 44.2 Å². The smallest absolute Gasteiger partial charge is 0.317 e. The van der Waals surface area contributed by atoms with Crippen LogP contribution in [0.5, 0.6) is 5.75 Å². The molecule has 0 aliphatic rings. The van der Waals surface area contributed by atoms with Gasteiger partial charge in [-0.1, -0.05) is 42.5 Å². The summed E-state index contributed by atoms with van der Waals surface area (Å²) in [5.74, 6) is -0.0658. The summed E-state index contributed by atoms with van der Waals surface area (Å²) in [5, 5.41) is 5.60. The number of carbonyl (C=O) groups is 3. The molecule has 2 aromatic carbocycles. The Morgan fingerprint density at radius 3 is 2.50 bits per heavy atom. The number of benzene rings is 2. The van der Waals surface area contributed by atoms with Gasteiger partial charge in [-0.05, 0) is 30.2 Å². The molecule has 0 saturated heterocycles. The lowest BCUT2D eigenvalue weighted by molar-refractivity contribution is -0.143. The van der Waals surface area contributed by atoms with Gasteiger partial charge in [-0.25, -0.2) is 4.79 Å². The summed E-state index contributed by atoms with van der Waals surface area (Å²) >= 11 is 0. The number of methoxy groups -OCH3 is 1. The second kappa shape index (κ2) is 13.0. The molecule has 0 fully saturated rings. The summed E-state index contributed by atoms with van der Waals surface area (Å²) in [4.78, 5) is 38.3. The van der Waals surface area contributed by atoms with Gasteiger partial charge in [0.25, 0.3) is 0 Å². The molecule has 3 amide bonds. The maximum Gasteiger partial charge on any atom is 0.317 e. The maximum absolute atomic E-state index is 12.5. The SMILES string of the molecule is CCOC(=O)CC(NC(=O)CCNC(=O)N(C)Cc1ccccc1)c1cccc(OC)c1. The van der Waals surface area contributed by atoms with Crippen molar-refractivity contribution in [1.29, 1.82) is 0 Å². The monoisotopic (exact) mass is 441 g/mol. The number of amides is 3. The quantitative estimate of drug-likeness (QED) is 0.523. The lowest BCUT2D eigenvalue weighted by atomic mass is 10.0. The van der Waals surface area contributed by atoms with Gasteiger partial charge in [0.2, 0.25) is 5.91 Å². The van der Waals surface area contributed by atoms with E-state index in [9.17, 15) is 14.4 Å². The Hall–Kier alpha value is -3.55. The Morgan fingerprint density at radius 1 is 1.06 bits per heavy atom. The Bertz CT molecular complexity index is 888. The van der Waals surface area contributed by atoms with Gasteiger partial charge in [0.1, 0.15) is 5.75 Å². The molecule has 1 unspecified atom stereocenters. The third-order valence-electron chi connectivity index (χ3n) is 4.75. The van der Waals surface area contributed by atoms with Gasteiger partial charge in [-0.15, -0.1) is 0 Å². The number of nitrogens with one attached hydrogen (secondary N) is 2. The fourth-order valence-electron chi connectivity index (χ4n) is 3.11. The van der Waals surface area contributed by atoms with Gasteiger partial charge in [-0.2, -0.15) is 0 Å². The topological polar surface area (TPSA) is 97.0 Å². The summed E-state index contributed by atoms with van der Waals surface area (Å²) < 4.78 is 10.3. The lowest BCUT2D eigenvalue weighted by Crippen LogP contribution is -2.39. The Kier molecular flexibility index (Phi) is 10.0. The first-order valence-corrected chi connectivity index (χ1v) is 10.5. The van der Waals surface area contributed by atoms with Crippen LogP contribution in [0.3, 0.4) is 0 Å². The summed E-state index contributed by atoms with van der Waals surface area (Å²) in [6.07, 6.45) is 0.0765. The van der Waals surface area contributed by atoms with E-state index in [-0.39, 0.29) is 37.9 Å². The molecule has 0 aliphatic carbocycles. The zero-order valence-electron chi connectivity index (χ0n) is 18.8. The van der Waals surface area contributed by atoms with Crippen molar-refractivity contribution >= 4 is 17.9 Å². The number of nitrogens with zero attached hydrogens (tertiary/aromatic N) is 1. The summed E-state index contributed by atoms with van der Waals surface area (Å²) in [6, 6.07) is 16.0. The molecule has 0 spiro atoms. The van der Waals surface area contributed by atoms with Crippen molar-refractivity contribution in [2.75, 3.05) is 27.3 Å². The molecule has 0 aliphatic heterocycles. The zero-order chi connectivity index (χ0) is 23.3. The van der Waals surface area contributed by atoms with E-state index < -0.39 is 12.0 Å². The van der Waals surface area contributed by atoms with Crippen LogP contribution in [0.4, 0.5) is 4.79 Å². The molecular formula is C24H31N3O5. The van der Waals surface area contributed by atoms with Crippen molar-refractivity contribution in [3.8, 4) is 5.75 Å². The van der Waals surface area contributed by atoms with Crippen molar-refractivity contribution in [1.82, 2.24) is 15.5 Å². The van der Waals surface area contributed by atoms with Crippen LogP contribution in [-0.4, -0.2) is 50.1 Å². The molecule has 32 heavy (non-hydrogen) atoms. The Morgan fingerprint density at radius 2 is 1.81 bits per heavy atom. The van der Waals surface area contributed by atoms with Gasteiger partial charge in [0, 0.05) is 26.6 Å². The number of urea groups is 1. The molecule has 0 heterocycles. The molecular weight excluding hydrogens is 410 g/mol. The highest BCUT2D eigenvalue weighted by Crippen LogP contribution is 2.22. The van der Waals surface area contributed by atoms with Gasteiger partial charge in [-0.3, -0.25) is 9.59 Å². The van der Waals surface area contributed by atoms with Gasteiger partial charge in [0.05, 0.1) is 26.2 Å². The van der Waals surface area contributed by atoms with Crippen LogP contribution in [0.2, 0.25) is 0 Å². The standard InChI is InChI=1S/C24H31N3O5/c1-4-32-23(29)16-21(19-11-8-12-20(15-19)31-3)26-22(28)13-14-25-24(30)27(2)17-18-9-6-5-7-10-18/h5-12,15,21H,4,13-14,16-17H2,1-3H3,(H,25,30)(H,26,28). The highest BCUT2D eigenvalue weighted by atomic mass is 16.5. The van der Waals surface area contributed by atoms with E-state index in [0.29, 0.717) is 12.3 Å². The first-order valence-electron chi connectivity index (χ1n) is 10.5. The van der Waals surface area contributed by atoms with Crippen LogP contribution in [0.1, 0.15) is 36.9 Å². The number of ether oxygens (including phenoxy) is 2. The molecule has 2 N–H and O–H groups in total. The normalized spacial score (nSPS) is 11.2. The number of carbonyl (C=O) groups excluding carboxylic acids is 3. The van der Waals surface area contributed by atoms with Gasteiger partial charge >= 0.3 is 12.0 Å². The highest BCUT2D eigenvalue weighted by molar-refractivity contribution is 5.79. The van der Waals surface area contributed by atoms with Gasteiger partial charge < -0.3 is 25.0 Å².